The van der Waals surface area contributed by atoms with Crippen LogP contribution in [0, 0.1) is 11.7 Å². The molecule has 0 radical (unpaired) electrons. The van der Waals surface area contributed by atoms with E-state index < -0.39 is 29.5 Å². The maximum Gasteiger partial charge on any atom is 0.316 e. The number of carbonyl (C=O) groups is 2. The molecular weight excluding hydrogens is 241 g/mol. The van der Waals surface area contributed by atoms with Crippen LogP contribution in [0.1, 0.15) is 11.5 Å². The van der Waals surface area contributed by atoms with Crippen LogP contribution in [0.5, 0.6) is 5.75 Å². The number of halogens is 1. The first-order chi connectivity index (χ1) is 8.54. The number of benzene rings is 1. The summed E-state index contributed by atoms with van der Waals surface area (Å²) in [5.41, 5.74) is 0.210. The Balaban J connectivity index is 2.36. The molecule has 1 fully saturated rings. The lowest BCUT2D eigenvalue weighted by Gasteiger charge is -2.14. The van der Waals surface area contributed by atoms with E-state index in [1.807, 2.05) is 0 Å². The SMILES string of the molecule is COc1ccc([C@@H]2CNC(=O)[C@H]2C(=O)O)c(F)c1. The van der Waals surface area contributed by atoms with Crippen molar-refractivity contribution in [3.63, 3.8) is 0 Å². The lowest BCUT2D eigenvalue weighted by atomic mass is 9.88. The van der Waals surface area contributed by atoms with Crippen molar-refractivity contribution in [2.75, 3.05) is 13.7 Å². The molecule has 1 saturated heterocycles. The van der Waals surface area contributed by atoms with Gasteiger partial charge in [0.25, 0.3) is 0 Å². The Hall–Kier alpha value is -2.11. The molecule has 1 heterocycles. The van der Waals surface area contributed by atoms with Gasteiger partial charge < -0.3 is 15.2 Å². The average molecular weight is 253 g/mol. The Labute approximate surface area is 103 Å². The van der Waals surface area contributed by atoms with Gasteiger partial charge in [-0.2, -0.15) is 0 Å². The van der Waals surface area contributed by atoms with Crippen LogP contribution in [0.15, 0.2) is 18.2 Å². The monoisotopic (exact) mass is 253 g/mol. The van der Waals surface area contributed by atoms with E-state index in [9.17, 15) is 14.0 Å². The van der Waals surface area contributed by atoms with Gasteiger partial charge in [-0.25, -0.2) is 4.39 Å². The molecule has 0 aromatic heterocycles. The highest BCUT2D eigenvalue weighted by molar-refractivity contribution is 5.99. The lowest BCUT2D eigenvalue weighted by Crippen LogP contribution is -2.27. The zero-order chi connectivity index (χ0) is 13.3. The zero-order valence-corrected chi connectivity index (χ0v) is 9.64. The number of nitrogens with one attached hydrogen (secondary N) is 1. The van der Waals surface area contributed by atoms with Gasteiger partial charge in [-0.05, 0) is 11.6 Å². The second-order valence-corrected chi connectivity index (χ2v) is 4.05. The fourth-order valence-electron chi connectivity index (χ4n) is 2.13. The minimum Gasteiger partial charge on any atom is -0.497 e. The van der Waals surface area contributed by atoms with Crippen molar-refractivity contribution >= 4 is 11.9 Å². The summed E-state index contributed by atoms with van der Waals surface area (Å²) < 4.78 is 18.7. The molecule has 1 amide bonds. The van der Waals surface area contributed by atoms with Crippen LogP contribution >= 0.6 is 0 Å². The third-order valence-corrected chi connectivity index (χ3v) is 3.05. The predicted octanol–water partition coefficient (Wildman–Crippen LogP) is 0.748. The summed E-state index contributed by atoms with van der Waals surface area (Å²) in [6.45, 7) is 0.124. The topological polar surface area (TPSA) is 75.6 Å². The van der Waals surface area contributed by atoms with Crippen LogP contribution in [-0.2, 0) is 9.59 Å². The average Bonchev–Trinajstić information content (AvgIpc) is 2.70. The number of rotatable bonds is 3. The highest BCUT2D eigenvalue weighted by Crippen LogP contribution is 2.32. The van der Waals surface area contributed by atoms with Gasteiger partial charge >= 0.3 is 5.97 Å². The maximum absolute atomic E-state index is 13.8. The smallest absolute Gasteiger partial charge is 0.316 e. The van der Waals surface area contributed by atoms with E-state index in [2.05, 4.69) is 5.32 Å². The molecule has 6 heteroatoms. The van der Waals surface area contributed by atoms with Gasteiger partial charge in [0.15, 0.2) is 0 Å². The molecule has 1 aromatic carbocycles. The molecule has 5 nitrogen and oxygen atoms in total. The van der Waals surface area contributed by atoms with Crippen molar-refractivity contribution in [2.45, 2.75) is 5.92 Å². The molecular formula is C12H12FNO4. The Kier molecular flexibility index (Phi) is 3.18. The zero-order valence-electron chi connectivity index (χ0n) is 9.64. The van der Waals surface area contributed by atoms with Gasteiger partial charge in [0.2, 0.25) is 5.91 Å². The first kappa shape index (κ1) is 12.3. The number of ether oxygens (including phenoxy) is 1. The normalized spacial score (nSPS) is 22.7. The summed E-state index contributed by atoms with van der Waals surface area (Å²) in [5.74, 6) is -3.98. The van der Waals surface area contributed by atoms with E-state index in [1.165, 1.54) is 19.2 Å². The quantitative estimate of drug-likeness (QED) is 0.779. The molecule has 1 aliphatic heterocycles. The molecule has 0 saturated carbocycles. The number of hydrogen-bond donors (Lipinski definition) is 2. The summed E-state index contributed by atoms with van der Waals surface area (Å²) in [6, 6.07) is 4.17. The Morgan fingerprint density at radius 1 is 1.56 bits per heavy atom. The molecule has 18 heavy (non-hydrogen) atoms. The molecule has 0 unspecified atom stereocenters. The highest BCUT2D eigenvalue weighted by atomic mass is 19.1. The highest BCUT2D eigenvalue weighted by Gasteiger charge is 2.42. The predicted molar refractivity (Wildman–Crippen MR) is 59.8 cm³/mol. The van der Waals surface area contributed by atoms with Crippen molar-refractivity contribution in [1.29, 1.82) is 0 Å². The molecule has 2 N–H and O–H groups in total. The largest absolute Gasteiger partial charge is 0.497 e. The van der Waals surface area contributed by atoms with Gasteiger partial charge in [0, 0.05) is 18.5 Å². The molecule has 2 atom stereocenters. The minimum absolute atomic E-state index is 0.124. The van der Waals surface area contributed by atoms with E-state index in [4.69, 9.17) is 9.84 Å². The summed E-state index contributed by atoms with van der Waals surface area (Å²) in [4.78, 5) is 22.4. The van der Waals surface area contributed by atoms with Gasteiger partial charge in [0.05, 0.1) is 7.11 Å². The fourth-order valence-corrected chi connectivity index (χ4v) is 2.13. The Bertz CT molecular complexity index is 503. The molecule has 1 aliphatic rings. The first-order valence-corrected chi connectivity index (χ1v) is 5.38. The van der Waals surface area contributed by atoms with E-state index in [-0.39, 0.29) is 12.1 Å². The fraction of sp³-hybridized carbons (Fsp3) is 0.333. The number of amides is 1. The van der Waals surface area contributed by atoms with Crippen molar-refractivity contribution in [1.82, 2.24) is 5.32 Å². The van der Waals surface area contributed by atoms with Crippen LogP contribution in [0.25, 0.3) is 0 Å². The number of carbonyl (C=O) groups excluding carboxylic acids is 1. The van der Waals surface area contributed by atoms with Crippen LogP contribution in [0.2, 0.25) is 0 Å². The van der Waals surface area contributed by atoms with Crippen LogP contribution < -0.4 is 10.1 Å². The second-order valence-electron chi connectivity index (χ2n) is 4.05. The number of carboxylic acid groups (broad SMARTS) is 1. The summed E-state index contributed by atoms with van der Waals surface area (Å²) in [6.07, 6.45) is 0. The first-order valence-electron chi connectivity index (χ1n) is 5.38. The number of carboxylic acids is 1. The molecule has 0 aliphatic carbocycles. The Morgan fingerprint density at radius 3 is 2.83 bits per heavy atom. The lowest BCUT2D eigenvalue weighted by molar-refractivity contribution is -0.145. The van der Waals surface area contributed by atoms with Crippen LogP contribution in [-0.4, -0.2) is 30.6 Å². The van der Waals surface area contributed by atoms with Gasteiger partial charge in [-0.1, -0.05) is 6.07 Å². The van der Waals surface area contributed by atoms with E-state index in [0.29, 0.717) is 5.75 Å². The van der Waals surface area contributed by atoms with Gasteiger partial charge in [-0.3, -0.25) is 9.59 Å². The Morgan fingerprint density at radius 2 is 2.28 bits per heavy atom. The third kappa shape index (κ3) is 2.01. The molecule has 2 rings (SSSR count). The molecule has 1 aromatic rings. The minimum atomic E-state index is -1.25. The van der Waals surface area contributed by atoms with Gasteiger partial charge in [-0.15, -0.1) is 0 Å². The summed E-state index contributed by atoms with van der Waals surface area (Å²) >= 11 is 0. The van der Waals surface area contributed by atoms with E-state index >= 15 is 0 Å². The third-order valence-electron chi connectivity index (χ3n) is 3.05. The van der Waals surface area contributed by atoms with Crippen LogP contribution in [0.4, 0.5) is 4.39 Å². The van der Waals surface area contributed by atoms with Crippen molar-refractivity contribution in [3.8, 4) is 5.75 Å². The van der Waals surface area contributed by atoms with E-state index in [1.54, 1.807) is 6.07 Å². The number of hydrogen-bond acceptors (Lipinski definition) is 3. The van der Waals surface area contributed by atoms with E-state index in [0.717, 1.165) is 0 Å². The molecule has 0 bridgehead atoms. The van der Waals surface area contributed by atoms with Crippen molar-refractivity contribution < 1.29 is 23.8 Å². The second kappa shape index (κ2) is 4.64. The van der Waals surface area contributed by atoms with Crippen molar-refractivity contribution in [2.24, 2.45) is 5.92 Å². The summed E-state index contributed by atoms with van der Waals surface area (Å²) in [5, 5.41) is 11.4. The van der Waals surface area contributed by atoms with Crippen molar-refractivity contribution in [3.05, 3.63) is 29.6 Å². The number of methoxy groups -OCH3 is 1. The molecule has 0 spiro atoms. The molecule has 96 valence electrons. The van der Waals surface area contributed by atoms with Crippen LogP contribution in [0.3, 0.4) is 0 Å². The number of aliphatic carboxylic acids is 1. The summed E-state index contributed by atoms with van der Waals surface area (Å²) in [7, 11) is 1.41. The maximum atomic E-state index is 13.8. The standard InChI is InChI=1S/C12H12FNO4/c1-18-6-2-3-7(9(13)4-6)8-5-14-11(15)10(8)12(16)17/h2-4,8,10H,5H2,1H3,(H,14,15)(H,16,17)/t8-,10-/m0/s1. The van der Waals surface area contributed by atoms with Gasteiger partial charge in [0.1, 0.15) is 17.5 Å².